The monoisotopic (exact) mass is 612 g/mol. The number of nitrogens with zero attached hydrogens (tertiary/aromatic N) is 1. The van der Waals surface area contributed by atoms with E-state index in [1.165, 1.54) is 18.7 Å². The van der Waals surface area contributed by atoms with Gasteiger partial charge in [-0.2, -0.15) is 13.2 Å². The molecule has 3 saturated heterocycles. The second kappa shape index (κ2) is 12.1. The molecule has 41 heavy (non-hydrogen) atoms. The lowest BCUT2D eigenvalue weighted by atomic mass is 9.82. The van der Waals surface area contributed by atoms with Crippen LogP contribution in [-0.4, -0.2) is 110 Å². The zero-order chi connectivity index (χ0) is 31.1. The van der Waals surface area contributed by atoms with Crippen molar-refractivity contribution >= 4 is 35.3 Å². The van der Waals surface area contributed by atoms with Crippen molar-refractivity contribution in [3.05, 3.63) is 0 Å². The molecule has 2 bridgehead atoms. The smallest absolute Gasteiger partial charge is 0.388 e. The van der Waals surface area contributed by atoms with Gasteiger partial charge in [-0.3, -0.25) is 24.1 Å². The van der Waals surface area contributed by atoms with E-state index in [2.05, 4.69) is 0 Å². The number of Topliss-reactive ketones (excluding diaryl/α,β-unsaturated/α-hetero) is 1. The number of alkyl halides is 3. The molecule has 3 heterocycles. The maximum Gasteiger partial charge on any atom is 0.471 e. The summed E-state index contributed by atoms with van der Waals surface area (Å²) >= 11 is 1.16. The largest absolute Gasteiger partial charge is 0.471 e. The Morgan fingerprint density at radius 1 is 1.27 bits per heavy atom. The molecule has 234 valence electrons. The summed E-state index contributed by atoms with van der Waals surface area (Å²) in [5, 5.41) is 22.5. The van der Waals surface area contributed by atoms with Crippen molar-refractivity contribution < 1.29 is 52.0 Å². The summed E-state index contributed by atoms with van der Waals surface area (Å²) in [5.74, 6) is -2.99. The maximum absolute atomic E-state index is 13.0. The normalized spacial score (nSPS) is 32.7. The Kier molecular flexibility index (Phi) is 9.90. The average molecular weight is 613 g/mol. The quantitative estimate of drug-likeness (QED) is 0.144. The number of hydrogen-bond donors (Lipinski definition) is 5. The van der Waals surface area contributed by atoms with Crippen LogP contribution in [0.2, 0.25) is 0 Å². The summed E-state index contributed by atoms with van der Waals surface area (Å²) in [6, 6.07) is -2.19. The van der Waals surface area contributed by atoms with Crippen LogP contribution in [-0.2, 0) is 28.7 Å². The number of aliphatic hydroxyl groups excluding tert-OH is 2. The number of halogens is 3. The van der Waals surface area contributed by atoms with Gasteiger partial charge in [0.2, 0.25) is 11.8 Å². The lowest BCUT2D eigenvalue weighted by Gasteiger charge is -2.47. The van der Waals surface area contributed by atoms with E-state index in [0.717, 1.165) is 11.8 Å². The van der Waals surface area contributed by atoms with E-state index in [1.54, 1.807) is 19.2 Å². The van der Waals surface area contributed by atoms with E-state index in [4.69, 9.17) is 20.9 Å². The van der Waals surface area contributed by atoms with Gasteiger partial charge in [-0.15, -0.1) is 11.8 Å². The third-order valence-corrected chi connectivity index (χ3v) is 9.25. The number of carbonyl (C=O) groups is 4. The number of carbonyl (C=O) groups excluding carboxylic acids is 4. The molecule has 0 aromatic rings. The molecule has 0 spiro atoms. The Morgan fingerprint density at radius 2 is 1.90 bits per heavy atom. The highest BCUT2D eigenvalue weighted by molar-refractivity contribution is 8.00. The van der Waals surface area contributed by atoms with Crippen LogP contribution in [0, 0.1) is 0 Å². The van der Waals surface area contributed by atoms with Gasteiger partial charge >= 0.3 is 12.1 Å². The molecule has 0 aromatic heterocycles. The van der Waals surface area contributed by atoms with Crippen LogP contribution in [0.3, 0.4) is 0 Å². The second-order valence-electron chi connectivity index (χ2n) is 11.9. The molecule has 3 amide bonds. The number of amides is 3. The fourth-order valence-corrected chi connectivity index (χ4v) is 6.83. The number of rotatable bonds is 12. The Balaban J connectivity index is 1.57. The SMILES string of the molecule is CC(=O)C(N)CSC1CC(=O)N(C(C)(C)CCOC(C)(N)C[C@@]23CC[C@@H](O2)[C@@H](NC(=O)C(F)(F)F)[C@@H](O)[C@H]3O)C1=O. The van der Waals surface area contributed by atoms with E-state index in [1.807, 2.05) is 0 Å². The zero-order valence-electron chi connectivity index (χ0n) is 23.4. The van der Waals surface area contributed by atoms with Crippen LogP contribution < -0.4 is 16.8 Å². The second-order valence-corrected chi connectivity index (χ2v) is 13.1. The molecule has 3 aliphatic rings. The third kappa shape index (κ3) is 7.40. The van der Waals surface area contributed by atoms with Crippen molar-refractivity contribution in [2.45, 2.75) is 118 Å². The Bertz CT molecular complexity index is 1040. The van der Waals surface area contributed by atoms with Crippen LogP contribution in [0.5, 0.6) is 0 Å². The van der Waals surface area contributed by atoms with Crippen LogP contribution in [0.15, 0.2) is 0 Å². The van der Waals surface area contributed by atoms with Crippen molar-refractivity contribution in [3.63, 3.8) is 0 Å². The van der Waals surface area contributed by atoms with E-state index >= 15 is 0 Å². The minimum absolute atomic E-state index is 0.00744. The molecule has 0 aromatic carbocycles. The van der Waals surface area contributed by atoms with Gasteiger partial charge < -0.3 is 36.5 Å². The first-order valence-corrected chi connectivity index (χ1v) is 14.3. The van der Waals surface area contributed by atoms with Crippen LogP contribution in [0.1, 0.15) is 59.8 Å². The first kappa shape index (κ1) is 33.7. The van der Waals surface area contributed by atoms with Crippen LogP contribution in [0.25, 0.3) is 0 Å². The first-order chi connectivity index (χ1) is 18.7. The number of ether oxygens (including phenoxy) is 2. The summed E-state index contributed by atoms with van der Waals surface area (Å²) in [6.07, 6.45) is -9.16. The number of aliphatic hydroxyl groups is 2. The van der Waals surface area contributed by atoms with E-state index in [9.17, 15) is 42.6 Å². The van der Waals surface area contributed by atoms with Gasteiger partial charge in [-0.25, -0.2) is 0 Å². The van der Waals surface area contributed by atoms with Gasteiger partial charge in [0.15, 0.2) is 0 Å². The zero-order valence-corrected chi connectivity index (χ0v) is 24.2. The van der Waals surface area contributed by atoms with E-state index < -0.39 is 64.6 Å². The molecule has 16 heteroatoms. The molecule has 0 aliphatic carbocycles. The molecule has 0 radical (unpaired) electrons. The highest BCUT2D eigenvalue weighted by Crippen LogP contribution is 2.46. The Labute approximate surface area is 240 Å². The van der Waals surface area contributed by atoms with Gasteiger partial charge in [0.05, 0.1) is 30.0 Å². The summed E-state index contributed by atoms with van der Waals surface area (Å²) in [6.45, 7) is 6.27. The summed E-state index contributed by atoms with van der Waals surface area (Å²) < 4.78 is 49.9. The lowest BCUT2D eigenvalue weighted by molar-refractivity contribution is -0.231. The minimum atomic E-state index is -5.16. The van der Waals surface area contributed by atoms with Gasteiger partial charge in [0.1, 0.15) is 29.3 Å². The first-order valence-electron chi connectivity index (χ1n) is 13.3. The van der Waals surface area contributed by atoms with E-state index in [0.29, 0.717) is 0 Å². The number of imide groups is 1. The van der Waals surface area contributed by atoms with Gasteiger partial charge in [-0.1, -0.05) is 0 Å². The summed E-state index contributed by atoms with van der Waals surface area (Å²) in [4.78, 5) is 49.7. The van der Waals surface area contributed by atoms with Gasteiger partial charge in [-0.05, 0) is 47.0 Å². The molecule has 3 fully saturated rings. The number of ketones is 1. The summed E-state index contributed by atoms with van der Waals surface area (Å²) in [7, 11) is 0. The van der Waals surface area contributed by atoms with Crippen LogP contribution >= 0.6 is 11.8 Å². The Hall–Kier alpha value is -1.82. The van der Waals surface area contributed by atoms with Crippen molar-refractivity contribution in [3.8, 4) is 0 Å². The number of hydrogen-bond acceptors (Lipinski definition) is 11. The standard InChI is InChI=1S/C25H39F3N4O8S/c1-12(33)13(29)10-41-15-9-16(34)32(20(15)37)22(2,3)7-8-39-23(4,30)11-24-6-5-14(40-24)17(18(35)19(24)36)31-21(38)25(26,27)28/h13-15,17-19,35-36H,5-11,29-30H2,1-4H3,(H,31,38)/t13?,14-,15?,17-,18-,19-,23?,24-/m1/s1. The molecule has 0 saturated carbocycles. The fourth-order valence-electron chi connectivity index (χ4n) is 5.65. The number of thioether (sulfide) groups is 1. The topological polar surface area (TPSA) is 195 Å². The molecular formula is C25H39F3N4O8S. The highest BCUT2D eigenvalue weighted by Gasteiger charge is 2.60. The van der Waals surface area contributed by atoms with Crippen molar-refractivity contribution in [1.29, 1.82) is 0 Å². The van der Waals surface area contributed by atoms with Crippen molar-refractivity contribution in [1.82, 2.24) is 10.2 Å². The molecular weight excluding hydrogens is 573 g/mol. The predicted molar refractivity (Wildman–Crippen MR) is 140 cm³/mol. The molecule has 3 aliphatic heterocycles. The van der Waals surface area contributed by atoms with Crippen molar-refractivity contribution in [2.75, 3.05) is 12.4 Å². The average Bonchev–Trinajstić information content (AvgIpc) is 3.36. The maximum atomic E-state index is 13.0. The van der Waals surface area contributed by atoms with Gasteiger partial charge in [0, 0.05) is 24.1 Å². The van der Waals surface area contributed by atoms with Crippen LogP contribution in [0.4, 0.5) is 13.2 Å². The van der Waals surface area contributed by atoms with Gasteiger partial charge in [0.25, 0.3) is 0 Å². The van der Waals surface area contributed by atoms with E-state index in [-0.39, 0.29) is 62.1 Å². The third-order valence-electron chi connectivity index (χ3n) is 7.93. The Morgan fingerprint density at radius 3 is 2.49 bits per heavy atom. The molecule has 12 nitrogen and oxygen atoms in total. The predicted octanol–water partition coefficient (Wildman–Crippen LogP) is -0.286. The minimum Gasteiger partial charge on any atom is -0.388 e. The molecule has 3 rings (SSSR count). The van der Waals surface area contributed by atoms with Crippen molar-refractivity contribution in [2.24, 2.45) is 11.5 Å². The lowest BCUT2D eigenvalue weighted by Crippen LogP contribution is -2.67. The summed E-state index contributed by atoms with van der Waals surface area (Å²) in [5.41, 5.74) is 8.30. The number of likely N-dealkylation sites (tertiary alicyclic amines) is 1. The molecule has 8 atom stereocenters. The number of fused-ring (bicyclic) bond motifs is 2. The highest BCUT2D eigenvalue weighted by atomic mass is 32.2. The molecule has 3 unspecified atom stereocenters. The number of nitrogens with one attached hydrogen (secondary N) is 1. The number of nitrogens with two attached hydrogens (primary N) is 2. The fraction of sp³-hybridized carbons (Fsp3) is 0.840. The molecule has 7 N–H and O–H groups in total.